The van der Waals surface area contributed by atoms with Crippen LogP contribution >= 0.6 is 35.0 Å². The molecular weight excluding hydrogens is 467 g/mol. The number of nitrogens with zero attached hydrogens (tertiary/aromatic N) is 2. The van der Waals surface area contributed by atoms with E-state index in [2.05, 4.69) is 17.2 Å². The van der Waals surface area contributed by atoms with Gasteiger partial charge in [0, 0.05) is 6.54 Å². The van der Waals surface area contributed by atoms with Gasteiger partial charge >= 0.3 is 0 Å². The average molecular weight is 487 g/mol. The van der Waals surface area contributed by atoms with E-state index in [1.54, 1.807) is 24.3 Å². The maximum Gasteiger partial charge on any atom is 0.238 e. The molecule has 0 bridgehead atoms. The maximum absolute atomic E-state index is 12.4. The second kappa shape index (κ2) is 9.57. The molecule has 2 aromatic carbocycles. The van der Waals surface area contributed by atoms with Gasteiger partial charge in [0.15, 0.2) is 5.16 Å². The van der Waals surface area contributed by atoms with Gasteiger partial charge in [0.05, 0.1) is 37.4 Å². The van der Waals surface area contributed by atoms with Crippen LogP contribution in [0.25, 0.3) is 11.0 Å². The van der Waals surface area contributed by atoms with Crippen LogP contribution in [0.1, 0.15) is 19.8 Å². The van der Waals surface area contributed by atoms with E-state index in [1.807, 2.05) is 4.57 Å². The summed E-state index contributed by atoms with van der Waals surface area (Å²) in [4.78, 5) is 16.9. The van der Waals surface area contributed by atoms with Gasteiger partial charge in [-0.05, 0) is 36.8 Å². The van der Waals surface area contributed by atoms with Gasteiger partial charge in [0.25, 0.3) is 0 Å². The van der Waals surface area contributed by atoms with Crippen LogP contribution in [0.2, 0.25) is 10.0 Å². The molecule has 3 rings (SSSR count). The molecule has 30 heavy (non-hydrogen) atoms. The summed E-state index contributed by atoms with van der Waals surface area (Å²) in [6.45, 7) is 2.78. The van der Waals surface area contributed by atoms with Crippen molar-refractivity contribution in [1.82, 2.24) is 9.55 Å². The summed E-state index contributed by atoms with van der Waals surface area (Å²) >= 11 is 13.3. The molecule has 0 saturated carbocycles. The van der Waals surface area contributed by atoms with Crippen LogP contribution < -0.4 is 10.5 Å². The van der Waals surface area contributed by atoms with Crippen LogP contribution in [-0.4, -0.2) is 29.6 Å². The number of carbonyl (C=O) groups is 1. The quantitative estimate of drug-likeness (QED) is 0.455. The van der Waals surface area contributed by atoms with Crippen LogP contribution in [0.4, 0.5) is 5.69 Å². The van der Waals surface area contributed by atoms with E-state index in [0.29, 0.717) is 27.9 Å². The fraction of sp³-hybridized carbons (Fsp3) is 0.263. The Balaban J connectivity index is 1.83. The third-order valence-corrected chi connectivity index (χ3v) is 7.01. The molecule has 0 unspecified atom stereocenters. The molecule has 7 nitrogen and oxygen atoms in total. The number of aromatic nitrogens is 2. The van der Waals surface area contributed by atoms with Crippen molar-refractivity contribution in [3.05, 3.63) is 46.4 Å². The largest absolute Gasteiger partial charge is 0.324 e. The highest BCUT2D eigenvalue weighted by molar-refractivity contribution is 7.99. The number of carbonyl (C=O) groups excluding carboxylic acids is 1. The summed E-state index contributed by atoms with van der Waals surface area (Å²) < 4.78 is 25.3. The molecule has 0 aliphatic heterocycles. The smallest absolute Gasteiger partial charge is 0.238 e. The number of benzene rings is 2. The van der Waals surface area contributed by atoms with Crippen molar-refractivity contribution in [2.24, 2.45) is 5.14 Å². The standard InChI is InChI=1S/C19H20Cl2N4O3S2/c1-2-3-9-25-16-8-7-12(30(22,27)28)10-15(16)24-19(25)29-11-17(26)23-14-6-4-5-13(20)18(14)21/h4-8,10H,2-3,9,11H2,1H3,(H,23,26)(H2,22,27,28). The van der Waals surface area contributed by atoms with Gasteiger partial charge in [0.1, 0.15) is 0 Å². The molecule has 1 amide bonds. The number of imidazole rings is 1. The van der Waals surface area contributed by atoms with Gasteiger partial charge in [0.2, 0.25) is 15.9 Å². The molecule has 0 fully saturated rings. The van der Waals surface area contributed by atoms with Gasteiger partial charge in [-0.25, -0.2) is 18.5 Å². The summed E-state index contributed by atoms with van der Waals surface area (Å²) in [5.74, 6) is -0.163. The molecule has 0 spiro atoms. The molecule has 160 valence electrons. The summed E-state index contributed by atoms with van der Waals surface area (Å²) in [6.07, 6.45) is 1.90. The van der Waals surface area contributed by atoms with E-state index in [4.69, 9.17) is 28.3 Å². The summed E-state index contributed by atoms with van der Waals surface area (Å²) in [6, 6.07) is 9.60. The molecule has 0 aliphatic carbocycles. The number of rotatable bonds is 8. The number of nitrogens with one attached hydrogen (secondary N) is 1. The zero-order chi connectivity index (χ0) is 21.9. The monoisotopic (exact) mass is 486 g/mol. The van der Waals surface area contributed by atoms with E-state index in [9.17, 15) is 13.2 Å². The number of unbranched alkanes of at least 4 members (excludes halogenated alkanes) is 1. The van der Waals surface area contributed by atoms with Gasteiger partial charge in [-0.3, -0.25) is 4.79 Å². The Labute approximate surface area is 189 Å². The first-order chi connectivity index (χ1) is 14.2. The number of sulfonamides is 1. The first-order valence-electron chi connectivity index (χ1n) is 9.10. The molecule has 1 aromatic heterocycles. The summed E-state index contributed by atoms with van der Waals surface area (Å²) in [5.41, 5.74) is 1.74. The predicted molar refractivity (Wildman–Crippen MR) is 122 cm³/mol. The van der Waals surface area contributed by atoms with Gasteiger partial charge < -0.3 is 9.88 Å². The van der Waals surface area contributed by atoms with Crippen molar-refractivity contribution >= 4 is 67.6 Å². The van der Waals surface area contributed by atoms with E-state index in [-0.39, 0.29) is 21.6 Å². The Hall–Kier alpha value is -1.78. The van der Waals surface area contributed by atoms with E-state index >= 15 is 0 Å². The zero-order valence-electron chi connectivity index (χ0n) is 16.1. The van der Waals surface area contributed by atoms with Gasteiger partial charge in [-0.2, -0.15) is 0 Å². The number of thioether (sulfide) groups is 1. The van der Waals surface area contributed by atoms with Crippen molar-refractivity contribution in [2.75, 3.05) is 11.1 Å². The third-order valence-electron chi connectivity index (χ3n) is 4.31. The molecule has 11 heteroatoms. The van der Waals surface area contributed by atoms with E-state index in [0.717, 1.165) is 18.4 Å². The minimum Gasteiger partial charge on any atom is -0.324 e. The summed E-state index contributed by atoms with van der Waals surface area (Å²) in [7, 11) is -3.83. The fourth-order valence-corrected chi connectivity index (χ4v) is 4.55. The van der Waals surface area contributed by atoms with Crippen molar-refractivity contribution in [2.45, 2.75) is 36.4 Å². The molecule has 0 aliphatic rings. The van der Waals surface area contributed by atoms with Crippen LogP contribution in [0.5, 0.6) is 0 Å². The van der Waals surface area contributed by atoms with Crippen molar-refractivity contribution in [1.29, 1.82) is 0 Å². The normalized spacial score (nSPS) is 11.7. The molecule has 3 aromatic rings. The molecule has 1 heterocycles. The zero-order valence-corrected chi connectivity index (χ0v) is 19.2. The van der Waals surface area contributed by atoms with Gasteiger partial charge in [-0.15, -0.1) is 0 Å². The van der Waals surface area contributed by atoms with Crippen LogP contribution in [0.15, 0.2) is 46.5 Å². The molecule has 0 radical (unpaired) electrons. The Morgan fingerprint density at radius 3 is 2.73 bits per heavy atom. The van der Waals surface area contributed by atoms with Gasteiger partial charge in [-0.1, -0.05) is 54.4 Å². The van der Waals surface area contributed by atoms with E-state index in [1.165, 1.54) is 23.9 Å². The first kappa shape index (κ1) is 22.9. The topological polar surface area (TPSA) is 107 Å². The number of halogens is 2. The highest BCUT2D eigenvalue weighted by Crippen LogP contribution is 2.30. The average Bonchev–Trinajstić information content (AvgIpc) is 3.04. The maximum atomic E-state index is 12.4. The van der Waals surface area contributed by atoms with Crippen LogP contribution in [-0.2, 0) is 21.4 Å². The van der Waals surface area contributed by atoms with Crippen molar-refractivity contribution in [3.63, 3.8) is 0 Å². The number of fused-ring (bicyclic) bond motifs is 1. The number of hydrogen-bond acceptors (Lipinski definition) is 5. The fourth-order valence-electron chi connectivity index (χ4n) is 2.82. The molecule has 0 atom stereocenters. The van der Waals surface area contributed by atoms with Crippen LogP contribution in [0.3, 0.4) is 0 Å². The van der Waals surface area contributed by atoms with Crippen molar-refractivity contribution in [3.8, 4) is 0 Å². The number of nitrogens with two attached hydrogens (primary N) is 1. The Morgan fingerprint density at radius 1 is 1.27 bits per heavy atom. The lowest BCUT2D eigenvalue weighted by molar-refractivity contribution is -0.113. The first-order valence-corrected chi connectivity index (χ1v) is 12.4. The Kier molecular flexibility index (Phi) is 7.30. The lowest BCUT2D eigenvalue weighted by atomic mass is 10.3. The predicted octanol–water partition coefficient (Wildman–Crippen LogP) is 4.52. The third kappa shape index (κ3) is 5.28. The van der Waals surface area contributed by atoms with Crippen LogP contribution in [0, 0.1) is 0 Å². The number of hydrogen-bond donors (Lipinski definition) is 2. The summed E-state index contributed by atoms with van der Waals surface area (Å²) in [5, 5.41) is 9.22. The second-order valence-electron chi connectivity index (χ2n) is 6.53. The lowest BCUT2D eigenvalue weighted by Gasteiger charge is -2.10. The number of primary sulfonamides is 1. The Bertz CT molecular complexity index is 1200. The minimum absolute atomic E-state index is 0.0000303. The lowest BCUT2D eigenvalue weighted by Crippen LogP contribution is -2.15. The Morgan fingerprint density at radius 2 is 2.03 bits per heavy atom. The minimum atomic E-state index is -3.83. The number of aryl methyl sites for hydroxylation is 1. The number of anilines is 1. The molecular formula is C19H20Cl2N4O3S2. The highest BCUT2D eigenvalue weighted by atomic mass is 35.5. The SMILES string of the molecule is CCCCn1c(SCC(=O)Nc2cccc(Cl)c2Cl)nc2cc(S(N)(=O)=O)ccc21. The molecule has 0 saturated heterocycles. The number of amides is 1. The van der Waals surface area contributed by atoms with Crippen molar-refractivity contribution < 1.29 is 13.2 Å². The molecule has 3 N–H and O–H groups in total. The second-order valence-corrected chi connectivity index (χ2v) is 9.82. The highest BCUT2D eigenvalue weighted by Gasteiger charge is 2.16. The van der Waals surface area contributed by atoms with E-state index < -0.39 is 10.0 Å².